The first-order chi connectivity index (χ1) is 8.45. The minimum absolute atomic E-state index is 0.317. The molecule has 1 aromatic rings. The molecular formula is C10H15NO7. The van der Waals surface area contributed by atoms with Crippen LogP contribution in [0.5, 0.6) is 0 Å². The van der Waals surface area contributed by atoms with Crippen LogP contribution in [0.2, 0.25) is 0 Å². The van der Waals surface area contributed by atoms with Gasteiger partial charge in [-0.1, -0.05) is 0 Å². The quantitative estimate of drug-likeness (QED) is 0.472. The first-order valence-electron chi connectivity index (χ1n) is 5.45. The molecule has 0 aromatic carbocycles. The van der Waals surface area contributed by atoms with E-state index < -0.39 is 42.8 Å². The summed E-state index contributed by atoms with van der Waals surface area (Å²) in [6, 6.07) is 1.20. The maximum absolute atomic E-state index is 11.5. The fourth-order valence-corrected chi connectivity index (χ4v) is 1.92. The van der Waals surface area contributed by atoms with E-state index in [0.717, 1.165) is 4.74 Å². The monoisotopic (exact) mass is 261 g/mol. The van der Waals surface area contributed by atoms with Crippen LogP contribution >= 0.6 is 0 Å². The van der Waals surface area contributed by atoms with Crippen molar-refractivity contribution in [2.45, 2.75) is 37.6 Å². The number of ether oxygens (including phenoxy) is 1. The van der Waals surface area contributed by atoms with Crippen LogP contribution in [0.3, 0.4) is 0 Å². The fraction of sp³-hybridized carbons (Fsp3) is 0.700. The molecule has 2 heterocycles. The SMILES string of the molecule is Cc1cc(=O)n([C@@H]2O[C@H](CO)[C@@H](O)[C@H](O)[C@H]2O)o1. The summed E-state index contributed by atoms with van der Waals surface area (Å²) < 4.78 is 11.0. The van der Waals surface area contributed by atoms with E-state index in [1.807, 2.05) is 0 Å². The van der Waals surface area contributed by atoms with Gasteiger partial charge in [-0.05, 0) is 6.92 Å². The fourth-order valence-electron chi connectivity index (χ4n) is 1.92. The second kappa shape index (κ2) is 4.82. The summed E-state index contributed by atoms with van der Waals surface area (Å²) in [6.07, 6.45) is -6.91. The van der Waals surface area contributed by atoms with E-state index in [-0.39, 0.29) is 0 Å². The predicted octanol–water partition coefficient (Wildman–Crippen LogP) is -2.28. The summed E-state index contributed by atoms with van der Waals surface area (Å²) in [6.45, 7) is 0.984. The molecule has 1 aromatic heterocycles. The Labute approximate surface area is 102 Å². The molecule has 0 radical (unpaired) electrons. The van der Waals surface area contributed by atoms with Gasteiger partial charge >= 0.3 is 0 Å². The van der Waals surface area contributed by atoms with Crippen molar-refractivity contribution < 1.29 is 29.7 Å². The number of hydrogen-bond donors (Lipinski definition) is 4. The van der Waals surface area contributed by atoms with Gasteiger partial charge in [0, 0.05) is 6.07 Å². The Morgan fingerprint density at radius 3 is 2.44 bits per heavy atom. The standard InChI is InChI=1S/C10H15NO7/c1-4-2-6(13)11(18-4)10-9(16)8(15)7(14)5(3-12)17-10/h2,5,7-10,12,14-16H,3H2,1H3/t5-,7-,8+,9-,10-/m1/s1. The van der Waals surface area contributed by atoms with E-state index in [0.29, 0.717) is 5.76 Å². The highest BCUT2D eigenvalue weighted by Gasteiger charge is 2.45. The Bertz CT molecular complexity index is 465. The topological polar surface area (TPSA) is 125 Å². The van der Waals surface area contributed by atoms with Crippen LogP contribution in [0.25, 0.3) is 0 Å². The summed E-state index contributed by atoms with van der Waals surface area (Å²) in [4.78, 5) is 11.5. The van der Waals surface area contributed by atoms with E-state index >= 15 is 0 Å². The molecule has 18 heavy (non-hydrogen) atoms. The molecule has 5 atom stereocenters. The van der Waals surface area contributed by atoms with Crippen LogP contribution < -0.4 is 5.56 Å². The Hall–Kier alpha value is -1.19. The minimum Gasteiger partial charge on any atom is -0.394 e. The van der Waals surface area contributed by atoms with Crippen molar-refractivity contribution in [3.8, 4) is 0 Å². The highest BCUT2D eigenvalue weighted by atomic mass is 16.6. The van der Waals surface area contributed by atoms with Crippen LogP contribution in [0.4, 0.5) is 0 Å². The molecule has 0 spiro atoms. The highest BCUT2D eigenvalue weighted by Crippen LogP contribution is 2.27. The van der Waals surface area contributed by atoms with Crippen molar-refractivity contribution in [1.29, 1.82) is 0 Å². The number of aryl methyl sites for hydroxylation is 1. The zero-order chi connectivity index (χ0) is 13.4. The maximum Gasteiger partial charge on any atom is 0.285 e. The molecular weight excluding hydrogens is 246 g/mol. The van der Waals surface area contributed by atoms with Gasteiger partial charge in [0.25, 0.3) is 5.56 Å². The van der Waals surface area contributed by atoms with Gasteiger partial charge in [0.05, 0.1) is 6.61 Å². The van der Waals surface area contributed by atoms with E-state index in [1.54, 1.807) is 6.92 Å². The van der Waals surface area contributed by atoms with Gasteiger partial charge in [-0.15, -0.1) is 4.74 Å². The highest BCUT2D eigenvalue weighted by molar-refractivity contribution is 4.95. The third-order valence-electron chi connectivity index (χ3n) is 2.88. The lowest BCUT2D eigenvalue weighted by molar-refractivity contribution is -0.264. The second-order valence-corrected chi connectivity index (χ2v) is 4.23. The Morgan fingerprint density at radius 1 is 1.28 bits per heavy atom. The zero-order valence-corrected chi connectivity index (χ0v) is 9.63. The summed E-state index contributed by atoms with van der Waals surface area (Å²) in [5.41, 5.74) is -0.545. The van der Waals surface area contributed by atoms with Crippen LogP contribution in [0, 0.1) is 6.92 Å². The van der Waals surface area contributed by atoms with Crippen LogP contribution in [-0.4, -0.2) is 56.2 Å². The molecule has 2 rings (SSSR count). The number of rotatable bonds is 2. The lowest BCUT2D eigenvalue weighted by atomic mass is 9.98. The third kappa shape index (κ3) is 2.08. The zero-order valence-electron chi connectivity index (χ0n) is 9.63. The first-order valence-corrected chi connectivity index (χ1v) is 5.45. The summed E-state index contributed by atoms with van der Waals surface area (Å²) in [5.74, 6) is 0.317. The average Bonchev–Trinajstić information content (AvgIpc) is 2.66. The van der Waals surface area contributed by atoms with E-state index in [2.05, 4.69) is 0 Å². The van der Waals surface area contributed by atoms with Gasteiger partial charge in [0.2, 0.25) is 0 Å². The van der Waals surface area contributed by atoms with Gasteiger partial charge in [-0.3, -0.25) is 4.79 Å². The van der Waals surface area contributed by atoms with Crippen molar-refractivity contribution >= 4 is 0 Å². The molecule has 0 amide bonds. The Kier molecular flexibility index (Phi) is 3.55. The molecule has 0 bridgehead atoms. The lowest BCUT2D eigenvalue weighted by Gasteiger charge is -2.39. The summed E-state index contributed by atoms with van der Waals surface area (Å²) >= 11 is 0. The largest absolute Gasteiger partial charge is 0.394 e. The molecule has 102 valence electrons. The Balaban J connectivity index is 2.32. The summed E-state index contributed by atoms with van der Waals surface area (Å²) in [5, 5.41) is 37.9. The molecule has 0 unspecified atom stereocenters. The van der Waals surface area contributed by atoms with Gasteiger partial charge < -0.3 is 29.7 Å². The number of aliphatic hydroxyl groups is 4. The first kappa shape index (κ1) is 13.2. The molecule has 1 fully saturated rings. The van der Waals surface area contributed by atoms with Gasteiger partial charge in [0.1, 0.15) is 30.2 Å². The number of hydrogen-bond acceptors (Lipinski definition) is 7. The number of nitrogens with zero attached hydrogens (tertiary/aromatic N) is 1. The predicted molar refractivity (Wildman–Crippen MR) is 56.7 cm³/mol. The molecule has 8 heteroatoms. The third-order valence-corrected chi connectivity index (χ3v) is 2.88. The molecule has 1 aliphatic rings. The normalized spacial score (nSPS) is 36.8. The minimum atomic E-state index is -1.54. The lowest BCUT2D eigenvalue weighted by Crippen LogP contribution is -2.57. The van der Waals surface area contributed by atoms with Crippen LogP contribution in [0.1, 0.15) is 12.0 Å². The van der Waals surface area contributed by atoms with Gasteiger partial charge in [0.15, 0.2) is 6.23 Å². The average molecular weight is 261 g/mol. The molecule has 1 aliphatic heterocycles. The molecule has 8 nitrogen and oxygen atoms in total. The molecule has 0 saturated carbocycles. The Morgan fingerprint density at radius 2 is 1.94 bits per heavy atom. The van der Waals surface area contributed by atoms with Gasteiger partial charge in [-0.25, -0.2) is 0 Å². The molecule has 1 saturated heterocycles. The van der Waals surface area contributed by atoms with Gasteiger partial charge in [-0.2, -0.15) is 0 Å². The van der Waals surface area contributed by atoms with E-state index in [4.69, 9.17) is 14.4 Å². The van der Waals surface area contributed by atoms with Crippen molar-refractivity contribution in [1.82, 2.24) is 4.74 Å². The number of aromatic nitrogens is 1. The number of aliphatic hydroxyl groups excluding tert-OH is 4. The van der Waals surface area contributed by atoms with Crippen molar-refractivity contribution in [3.05, 3.63) is 22.2 Å². The summed E-state index contributed by atoms with van der Waals surface area (Å²) in [7, 11) is 0. The second-order valence-electron chi connectivity index (χ2n) is 4.23. The smallest absolute Gasteiger partial charge is 0.285 e. The van der Waals surface area contributed by atoms with Crippen molar-refractivity contribution in [3.63, 3.8) is 0 Å². The van der Waals surface area contributed by atoms with Crippen molar-refractivity contribution in [2.75, 3.05) is 6.61 Å². The molecule has 0 aliphatic carbocycles. The van der Waals surface area contributed by atoms with E-state index in [9.17, 15) is 20.1 Å². The van der Waals surface area contributed by atoms with Crippen LogP contribution in [0.15, 0.2) is 15.4 Å². The maximum atomic E-state index is 11.5. The van der Waals surface area contributed by atoms with Crippen molar-refractivity contribution in [2.24, 2.45) is 0 Å². The van der Waals surface area contributed by atoms with E-state index in [1.165, 1.54) is 6.07 Å². The molecule has 4 N–H and O–H groups in total. The van der Waals surface area contributed by atoms with Crippen LogP contribution in [-0.2, 0) is 4.74 Å².